The number of nitrogens with zero attached hydrogens (tertiary/aromatic N) is 1. The maximum atomic E-state index is 10.9. The number of non-ortho nitro benzene ring substituents is 1. The number of nitro benzene ring substituents is 1. The van der Waals surface area contributed by atoms with E-state index >= 15 is 0 Å². The van der Waals surface area contributed by atoms with Crippen molar-refractivity contribution < 1.29 is 13.3 Å². The molecule has 0 aliphatic heterocycles. The number of halogens is 2. The molecule has 0 radical (unpaired) electrons. The van der Waals surface area contributed by atoms with E-state index in [2.05, 4.69) is 0 Å². The molecule has 0 unspecified atom stereocenters. The predicted molar refractivity (Wildman–Crippen MR) is 69.9 cm³/mol. The van der Waals surface area contributed by atoms with E-state index in [4.69, 9.17) is 5.14 Å². The predicted octanol–water partition coefficient (Wildman–Crippen LogP) is 1.71. The van der Waals surface area contributed by atoms with Crippen molar-refractivity contribution in [3.63, 3.8) is 0 Å². The molecule has 0 fully saturated rings. The summed E-state index contributed by atoms with van der Waals surface area (Å²) in [6.07, 6.45) is 0. The summed E-state index contributed by atoms with van der Waals surface area (Å²) in [4.78, 5) is 9.49. The van der Waals surface area contributed by atoms with Crippen molar-refractivity contribution >= 4 is 49.7 Å². The number of hydrogen-bond acceptors (Lipinski definition) is 4. The second kappa shape index (κ2) is 6.28. The van der Waals surface area contributed by atoms with E-state index in [0.717, 1.165) is 6.07 Å². The molecule has 0 heterocycles. The molecule has 9 heteroatoms. The second-order valence-electron chi connectivity index (χ2n) is 2.81. The molecule has 1 aromatic rings. The molecule has 0 aromatic heterocycles. The van der Waals surface area contributed by atoms with Crippen LogP contribution in [0.4, 0.5) is 5.69 Å². The third-order valence-corrected chi connectivity index (χ3v) is 2.47. The zero-order valence-electron chi connectivity index (χ0n) is 8.11. The lowest BCUT2D eigenvalue weighted by Gasteiger charge is -1.99. The third kappa shape index (κ3) is 4.56. The van der Waals surface area contributed by atoms with Gasteiger partial charge in [0.1, 0.15) is 0 Å². The quantitative estimate of drug-likeness (QED) is 0.625. The highest BCUT2D eigenvalue weighted by atomic mass is 79.9. The van der Waals surface area contributed by atoms with E-state index < -0.39 is 14.9 Å². The Kier molecular flexibility index (Phi) is 7.02. The lowest BCUT2D eigenvalue weighted by Crippen LogP contribution is -2.12. The number of benzene rings is 1. The van der Waals surface area contributed by atoms with Crippen LogP contribution in [0.15, 0.2) is 23.1 Å². The molecule has 1 rings (SSSR count). The highest BCUT2D eigenvalue weighted by molar-refractivity contribution is 8.93. The molecule has 2 N–H and O–H groups in total. The summed E-state index contributed by atoms with van der Waals surface area (Å²) in [7, 11) is -3.89. The normalized spacial score (nSPS) is 9.88. The highest BCUT2D eigenvalue weighted by Gasteiger charge is 2.14. The van der Waals surface area contributed by atoms with Gasteiger partial charge in [-0.3, -0.25) is 10.1 Å². The Bertz CT molecular complexity index is 489. The van der Waals surface area contributed by atoms with Gasteiger partial charge in [-0.05, 0) is 18.6 Å². The van der Waals surface area contributed by atoms with Crippen LogP contribution >= 0.6 is 34.0 Å². The molecule has 0 amide bonds. The molecule has 0 aliphatic carbocycles. The first-order valence-corrected chi connectivity index (χ1v) is 5.14. The molecule has 0 aliphatic rings. The van der Waals surface area contributed by atoms with Crippen LogP contribution in [0.3, 0.4) is 0 Å². The van der Waals surface area contributed by atoms with Gasteiger partial charge >= 0.3 is 0 Å². The van der Waals surface area contributed by atoms with E-state index in [1.165, 1.54) is 12.1 Å². The average Bonchev–Trinajstić information content (AvgIpc) is 2.01. The number of nitro groups is 1. The summed E-state index contributed by atoms with van der Waals surface area (Å²) in [5.74, 6) is 0. The van der Waals surface area contributed by atoms with Gasteiger partial charge in [0.05, 0.1) is 9.82 Å². The molecule has 0 atom stereocenters. The van der Waals surface area contributed by atoms with Gasteiger partial charge in [-0.1, -0.05) is 0 Å². The summed E-state index contributed by atoms with van der Waals surface area (Å²) in [6.45, 7) is 1.56. The van der Waals surface area contributed by atoms with Gasteiger partial charge in [-0.2, -0.15) is 0 Å². The van der Waals surface area contributed by atoms with Gasteiger partial charge in [-0.25, -0.2) is 13.6 Å². The van der Waals surface area contributed by atoms with Crippen molar-refractivity contribution in [2.24, 2.45) is 5.14 Å². The Morgan fingerprint density at radius 2 is 1.75 bits per heavy atom. The second-order valence-corrected chi connectivity index (χ2v) is 4.37. The third-order valence-electron chi connectivity index (χ3n) is 1.57. The van der Waals surface area contributed by atoms with Gasteiger partial charge in [0.25, 0.3) is 5.69 Å². The Hall–Kier alpha value is -0.510. The van der Waals surface area contributed by atoms with Crippen molar-refractivity contribution in [2.45, 2.75) is 11.8 Å². The number of hydrogen-bond donors (Lipinski definition) is 1. The van der Waals surface area contributed by atoms with Crippen LogP contribution in [0.25, 0.3) is 0 Å². The fourth-order valence-corrected chi connectivity index (χ4v) is 1.63. The van der Waals surface area contributed by atoms with Crippen LogP contribution in [0, 0.1) is 17.0 Å². The average molecular weight is 378 g/mol. The molecule has 1 aromatic carbocycles. The number of nitrogens with two attached hydrogens (primary N) is 1. The van der Waals surface area contributed by atoms with Crippen molar-refractivity contribution in [3.05, 3.63) is 33.9 Å². The first kappa shape index (κ1) is 17.9. The molecule has 0 spiro atoms. The minimum atomic E-state index is -3.89. The van der Waals surface area contributed by atoms with Crippen LogP contribution in [-0.2, 0) is 10.0 Å². The maximum absolute atomic E-state index is 10.9. The maximum Gasteiger partial charge on any atom is 0.271 e. The van der Waals surface area contributed by atoms with Crippen LogP contribution in [-0.4, -0.2) is 13.3 Å². The Morgan fingerprint density at radius 1 is 1.25 bits per heavy atom. The van der Waals surface area contributed by atoms with Crippen LogP contribution in [0.2, 0.25) is 0 Å². The van der Waals surface area contributed by atoms with Crippen molar-refractivity contribution in [1.82, 2.24) is 0 Å². The fourth-order valence-electron chi connectivity index (χ4n) is 0.998. The number of rotatable bonds is 2. The molecular formula is C7H10Br2N2O4S. The highest BCUT2D eigenvalue weighted by Crippen LogP contribution is 2.19. The van der Waals surface area contributed by atoms with Gasteiger partial charge in [0, 0.05) is 12.1 Å². The number of sulfonamides is 1. The van der Waals surface area contributed by atoms with Crippen molar-refractivity contribution in [1.29, 1.82) is 0 Å². The van der Waals surface area contributed by atoms with Gasteiger partial charge in [-0.15, -0.1) is 34.0 Å². The molecule has 92 valence electrons. The van der Waals surface area contributed by atoms with Gasteiger partial charge in [0.2, 0.25) is 10.0 Å². The molecule has 0 saturated carbocycles. The fraction of sp³-hybridized carbons (Fsp3) is 0.143. The zero-order valence-corrected chi connectivity index (χ0v) is 12.4. The molecule has 0 saturated heterocycles. The van der Waals surface area contributed by atoms with Crippen LogP contribution in [0.5, 0.6) is 0 Å². The van der Waals surface area contributed by atoms with E-state index in [9.17, 15) is 18.5 Å². The monoisotopic (exact) mass is 376 g/mol. The number of aryl methyl sites for hydroxylation is 1. The SMILES string of the molecule is Br.Br.Cc1cc([N+](=O)[O-])cc(S(N)(=O)=O)c1. The van der Waals surface area contributed by atoms with Gasteiger partial charge < -0.3 is 0 Å². The summed E-state index contributed by atoms with van der Waals surface area (Å²) in [5, 5.41) is 15.2. The zero-order chi connectivity index (χ0) is 10.9. The number of primary sulfonamides is 1. The van der Waals surface area contributed by atoms with E-state index in [0.29, 0.717) is 5.56 Å². The smallest absolute Gasteiger partial charge is 0.258 e. The molecular weight excluding hydrogens is 368 g/mol. The lowest BCUT2D eigenvalue weighted by atomic mass is 10.2. The minimum absolute atomic E-state index is 0. The molecule has 6 nitrogen and oxygen atoms in total. The van der Waals surface area contributed by atoms with Crippen molar-refractivity contribution in [3.8, 4) is 0 Å². The molecule has 16 heavy (non-hydrogen) atoms. The van der Waals surface area contributed by atoms with Crippen LogP contribution < -0.4 is 5.14 Å². The first-order valence-electron chi connectivity index (χ1n) is 3.59. The Balaban J connectivity index is 0. The molecule has 0 bridgehead atoms. The summed E-state index contributed by atoms with van der Waals surface area (Å²) >= 11 is 0. The minimum Gasteiger partial charge on any atom is -0.258 e. The van der Waals surface area contributed by atoms with Crippen molar-refractivity contribution in [2.75, 3.05) is 0 Å². The first-order chi connectivity index (χ1) is 6.30. The Labute approximate surface area is 114 Å². The van der Waals surface area contributed by atoms with E-state index in [1.807, 2.05) is 0 Å². The standard InChI is InChI=1S/C7H8N2O4S.2BrH/c1-5-2-6(9(10)11)4-7(3-5)14(8,12)13;;/h2-4H,1H3,(H2,8,12,13);2*1H. The van der Waals surface area contributed by atoms with Gasteiger partial charge in [0.15, 0.2) is 0 Å². The summed E-state index contributed by atoms with van der Waals surface area (Å²) in [6, 6.07) is 3.49. The van der Waals surface area contributed by atoms with E-state index in [1.54, 1.807) is 6.92 Å². The topological polar surface area (TPSA) is 103 Å². The largest absolute Gasteiger partial charge is 0.271 e. The summed E-state index contributed by atoms with van der Waals surface area (Å²) in [5.41, 5.74) is 0.192. The summed E-state index contributed by atoms with van der Waals surface area (Å²) < 4.78 is 21.8. The van der Waals surface area contributed by atoms with E-state index in [-0.39, 0.29) is 44.5 Å². The Morgan fingerprint density at radius 3 is 2.12 bits per heavy atom. The van der Waals surface area contributed by atoms with Crippen LogP contribution in [0.1, 0.15) is 5.56 Å². The lowest BCUT2D eigenvalue weighted by molar-refractivity contribution is -0.385.